The molecule has 0 aliphatic carbocycles. The first-order valence-corrected chi connectivity index (χ1v) is 5.63. The number of carbonyl (C=O) groups is 1. The molecule has 0 saturated carbocycles. The summed E-state index contributed by atoms with van der Waals surface area (Å²) in [4.78, 5) is 10.9. The molecule has 0 saturated heterocycles. The minimum Gasteiger partial charge on any atom is -0.481 e. The van der Waals surface area contributed by atoms with E-state index in [2.05, 4.69) is 0 Å². The molecule has 2 nitrogen and oxygen atoms in total. The van der Waals surface area contributed by atoms with E-state index < -0.39 is 23.6 Å². The lowest BCUT2D eigenvalue weighted by atomic mass is 9.97. The zero-order chi connectivity index (χ0) is 14.2. The molecule has 0 aromatic heterocycles. The maximum Gasteiger partial charge on any atom is 0.416 e. The van der Waals surface area contributed by atoms with Gasteiger partial charge in [-0.05, 0) is 35.4 Å². The Kier molecular flexibility index (Phi) is 3.22. The molecule has 100 valence electrons. The predicted molar refractivity (Wildman–Crippen MR) is 65.0 cm³/mol. The third-order valence-corrected chi connectivity index (χ3v) is 3.06. The van der Waals surface area contributed by atoms with Crippen LogP contribution >= 0.6 is 0 Å². The van der Waals surface area contributed by atoms with Gasteiger partial charge < -0.3 is 5.11 Å². The van der Waals surface area contributed by atoms with Crippen molar-refractivity contribution in [2.45, 2.75) is 19.0 Å². The van der Waals surface area contributed by atoms with Crippen molar-refractivity contribution in [1.82, 2.24) is 0 Å². The van der Waals surface area contributed by atoms with Gasteiger partial charge >= 0.3 is 12.1 Å². The number of carboxylic acid groups (broad SMARTS) is 1. The zero-order valence-electron chi connectivity index (χ0n) is 10.0. The van der Waals surface area contributed by atoms with Crippen molar-refractivity contribution < 1.29 is 23.1 Å². The molecule has 5 heteroatoms. The number of benzene rings is 2. The van der Waals surface area contributed by atoms with Crippen LogP contribution in [-0.2, 0) is 11.0 Å². The lowest BCUT2D eigenvalue weighted by Crippen LogP contribution is -2.07. The molecule has 2 aromatic carbocycles. The molecule has 1 atom stereocenters. The molecular weight excluding hydrogens is 257 g/mol. The number of carboxylic acids is 1. The molecule has 0 aliphatic heterocycles. The lowest BCUT2D eigenvalue weighted by molar-refractivity contribution is -0.138. The van der Waals surface area contributed by atoms with Crippen LogP contribution in [0.5, 0.6) is 0 Å². The SMILES string of the molecule is CC(C(=O)O)c1ccc2ccc(C(F)(F)F)cc2c1. The van der Waals surface area contributed by atoms with Gasteiger partial charge in [-0.2, -0.15) is 13.2 Å². The molecule has 0 heterocycles. The molecule has 0 amide bonds. The number of hydrogen-bond donors (Lipinski definition) is 1. The number of hydrogen-bond acceptors (Lipinski definition) is 1. The Morgan fingerprint density at radius 3 is 2.32 bits per heavy atom. The number of alkyl halides is 3. The molecule has 1 unspecified atom stereocenters. The number of fused-ring (bicyclic) bond motifs is 1. The third kappa shape index (κ3) is 2.70. The first-order chi connectivity index (χ1) is 8.79. The smallest absolute Gasteiger partial charge is 0.416 e. The number of rotatable bonds is 2. The quantitative estimate of drug-likeness (QED) is 0.892. The Morgan fingerprint density at radius 2 is 1.74 bits per heavy atom. The van der Waals surface area contributed by atoms with Gasteiger partial charge in [0.25, 0.3) is 0 Å². The number of halogens is 3. The Hall–Kier alpha value is -2.04. The van der Waals surface area contributed by atoms with Gasteiger partial charge in [0.05, 0.1) is 11.5 Å². The molecule has 1 N–H and O–H groups in total. The highest BCUT2D eigenvalue weighted by Gasteiger charge is 2.30. The standard InChI is InChI=1S/C14H11F3O2/c1-8(13(18)19)10-3-2-9-4-5-12(14(15,16)17)7-11(9)6-10/h2-8H,1H3,(H,18,19). The third-order valence-electron chi connectivity index (χ3n) is 3.06. The maximum atomic E-state index is 12.6. The van der Waals surface area contributed by atoms with Crippen molar-refractivity contribution in [2.75, 3.05) is 0 Å². The van der Waals surface area contributed by atoms with Crippen molar-refractivity contribution in [3.63, 3.8) is 0 Å². The van der Waals surface area contributed by atoms with Gasteiger partial charge in [-0.3, -0.25) is 4.79 Å². The molecule has 0 spiro atoms. The van der Waals surface area contributed by atoms with Crippen molar-refractivity contribution >= 4 is 16.7 Å². The largest absolute Gasteiger partial charge is 0.481 e. The van der Waals surface area contributed by atoms with E-state index in [1.807, 2.05) is 0 Å². The Morgan fingerprint density at radius 1 is 1.11 bits per heavy atom. The summed E-state index contributed by atoms with van der Waals surface area (Å²) in [6.45, 7) is 1.50. The molecule has 2 aromatic rings. The van der Waals surface area contributed by atoms with E-state index in [9.17, 15) is 18.0 Å². The van der Waals surface area contributed by atoms with E-state index in [0.717, 1.165) is 12.1 Å². The first kappa shape index (κ1) is 13.4. The maximum absolute atomic E-state index is 12.6. The van der Waals surface area contributed by atoms with Crippen LogP contribution in [-0.4, -0.2) is 11.1 Å². The summed E-state index contributed by atoms with van der Waals surface area (Å²) in [6.07, 6.45) is -4.40. The van der Waals surface area contributed by atoms with Gasteiger partial charge in [0.15, 0.2) is 0 Å². The first-order valence-electron chi connectivity index (χ1n) is 5.63. The molecule has 19 heavy (non-hydrogen) atoms. The summed E-state index contributed by atoms with van der Waals surface area (Å²) in [5, 5.41) is 9.95. The minimum atomic E-state index is -4.40. The zero-order valence-corrected chi connectivity index (χ0v) is 10.0. The highest BCUT2D eigenvalue weighted by molar-refractivity contribution is 5.86. The Labute approximate surface area is 107 Å². The fourth-order valence-corrected chi connectivity index (χ4v) is 1.85. The normalized spacial score (nSPS) is 13.5. The second-order valence-electron chi connectivity index (χ2n) is 4.38. The van der Waals surface area contributed by atoms with E-state index >= 15 is 0 Å². The fourth-order valence-electron chi connectivity index (χ4n) is 1.85. The topological polar surface area (TPSA) is 37.3 Å². The van der Waals surface area contributed by atoms with E-state index in [4.69, 9.17) is 5.11 Å². The average molecular weight is 268 g/mol. The van der Waals surface area contributed by atoms with Crippen molar-refractivity contribution in [1.29, 1.82) is 0 Å². The van der Waals surface area contributed by atoms with Crippen LogP contribution in [0.25, 0.3) is 10.8 Å². The van der Waals surface area contributed by atoms with Crippen molar-refractivity contribution in [2.24, 2.45) is 0 Å². The highest BCUT2D eigenvalue weighted by atomic mass is 19.4. The summed E-state index contributed by atoms with van der Waals surface area (Å²) >= 11 is 0. The van der Waals surface area contributed by atoms with Crippen molar-refractivity contribution in [3.05, 3.63) is 47.5 Å². The number of aliphatic carboxylic acids is 1. The molecule has 2 rings (SSSR count). The van der Waals surface area contributed by atoms with Crippen LogP contribution in [0, 0.1) is 0 Å². The summed E-state index contributed by atoms with van der Waals surface area (Å²) in [6, 6.07) is 8.17. The van der Waals surface area contributed by atoms with E-state index in [1.54, 1.807) is 12.1 Å². The van der Waals surface area contributed by atoms with Crippen LogP contribution in [0.4, 0.5) is 13.2 Å². The van der Waals surface area contributed by atoms with Gasteiger partial charge in [0.1, 0.15) is 0 Å². The van der Waals surface area contributed by atoms with Gasteiger partial charge in [-0.25, -0.2) is 0 Å². The Bertz CT molecular complexity index is 632. The van der Waals surface area contributed by atoms with Gasteiger partial charge in [0, 0.05) is 0 Å². The van der Waals surface area contributed by atoms with Crippen LogP contribution in [0.15, 0.2) is 36.4 Å². The molecule has 0 radical (unpaired) electrons. The molecule has 0 bridgehead atoms. The summed E-state index contributed by atoms with van der Waals surface area (Å²) in [5.41, 5.74) is -0.251. The monoisotopic (exact) mass is 268 g/mol. The predicted octanol–water partition coefficient (Wildman–Crippen LogP) is 4.05. The van der Waals surface area contributed by atoms with E-state index in [-0.39, 0.29) is 0 Å². The van der Waals surface area contributed by atoms with Crippen LogP contribution < -0.4 is 0 Å². The van der Waals surface area contributed by atoms with E-state index in [1.165, 1.54) is 19.1 Å². The average Bonchev–Trinajstić information content (AvgIpc) is 2.35. The summed E-state index contributed by atoms with van der Waals surface area (Å²) in [7, 11) is 0. The minimum absolute atomic E-state index is 0.389. The van der Waals surface area contributed by atoms with Crippen LogP contribution in [0.1, 0.15) is 24.0 Å². The van der Waals surface area contributed by atoms with Crippen molar-refractivity contribution in [3.8, 4) is 0 Å². The highest BCUT2D eigenvalue weighted by Crippen LogP contribution is 2.32. The molecule has 0 fully saturated rings. The summed E-state index contributed by atoms with van der Waals surface area (Å²) < 4.78 is 37.8. The van der Waals surface area contributed by atoms with Crippen LogP contribution in [0.3, 0.4) is 0 Å². The van der Waals surface area contributed by atoms with E-state index in [0.29, 0.717) is 16.3 Å². The Balaban J connectivity index is 2.54. The molecule has 0 aliphatic rings. The van der Waals surface area contributed by atoms with Gasteiger partial charge in [-0.1, -0.05) is 24.3 Å². The second-order valence-corrected chi connectivity index (χ2v) is 4.38. The summed E-state index contributed by atoms with van der Waals surface area (Å²) in [5.74, 6) is -1.76. The van der Waals surface area contributed by atoms with Crippen LogP contribution in [0.2, 0.25) is 0 Å². The second kappa shape index (κ2) is 4.57. The van der Waals surface area contributed by atoms with Gasteiger partial charge in [0.2, 0.25) is 0 Å². The lowest BCUT2D eigenvalue weighted by Gasteiger charge is -2.10. The molecular formula is C14H11F3O2. The fraction of sp³-hybridized carbons (Fsp3) is 0.214. The van der Waals surface area contributed by atoms with Gasteiger partial charge in [-0.15, -0.1) is 0 Å².